The van der Waals surface area contributed by atoms with Crippen molar-refractivity contribution >= 4 is 23.7 Å². The molecule has 0 radical (unpaired) electrons. The SMILES string of the molecule is CC(C)CC(NC(=O)CNC(=O)C(Cc1cnc[nH]1)NC(=O)C1CCCN1)C(=O)O. The van der Waals surface area contributed by atoms with Gasteiger partial charge in [-0.2, -0.15) is 0 Å². The summed E-state index contributed by atoms with van der Waals surface area (Å²) < 4.78 is 0. The largest absolute Gasteiger partial charge is 0.480 e. The molecule has 11 nitrogen and oxygen atoms in total. The third-order valence-electron chi connectivity index (χ3n) is 4.75. The predicted molar refractivity (Wildman–Crippen MR) is 107 cm³/mol. The van der Waals surface area contributed by atoms with Crippen molar-refractivity contribution in [2.45, 2.75) is 57.7 Å². The van der Waals surface area contributed by atoms with Gasteiger partial charge in [0.05, 0.1) is 18.9 Å². The number of aromatic nitrogens is 2. The average molecular weight is 422 g/mol. The van der Waals surface area contributed by atoms with Gasteiger partial charge < -0.3 is 31.4 Å². The highest BCUT2D eigenvalue weighted by atomic mass is 16.4. The van der Waals surface area contributed by atoms with Gasteiger partial charge in [0, 0.05) is 18.3 Å². The Bertz CT molecular complexity index is 730. The molecule has 1 aliphatic heterocycles. The third-order valence-corrected chi connectivity index (χ3v) is 4.75. The van der Waals surface area contributed by atoms with E-state index in [0.717, 1.165) is 13.0 Å². The molecule has 0 spiro atoms. The molecule has 166 valence electrons. The number of nitrogens with one attached hydrogen (secondary N) is 5. The van der Waals surface area contributed by atoms with E-state index in [2.05, 4.69) is 31.2 Å². The van der Waals surface area contributed by atoms with Crippen LogP contribution >= 0.6 is 0 Å². The second-order valence-corrected chi connectivity index (χ2v) is 7.80. The number of aromatic amines is 1. The van der Waals surface area contributed by atoms with Gasteiger partial charge in [0.1, 0.15) is 12.1 Å². The van der Waals surface area contributed by atoms with Crippen molar-refractivity contribution in [3.05, 3.63) is 18.2 Å². The van der Waals surface area contributed by atoms with Crippen LogP contribution in [0.25, 0.3) is 0 Å². The fourth-order valence-electron chi connectivity index (χ4n) is 3.23. The van der Waals surface area contributed by atoms with Gasteiger partial charge in [-0.25, -0.2) is 9.78 Å². The minimum atomic E-state index is -1.13. The van der Waals surface area contributed by atoms with Crippen LogP contribution in [0.5, 0.6) is 0 Å². The van der Waals surface area contributed by atoms with Gasteiger partial charge in [-0.05, 0) is 31.7 Å². The molecule has 1 aliphatic rings. The number of aliphatic carboxylic acids is 1. The molecular formula is C19H30N6O5. The van der Waals surface area contributed by atoms with E-state index in [1.807, 2.05) is 13.8 Å². The number of hydrogen-bond donors (Lipinski definition) is 6. The van der Waals surface area contributed by atoms with Crippen molar-refractivity contribution in [1.82, 2.24) is 31.2 Å². The Balaban J connectivity index is 1.92. The minimum absolute atomic E-state index is 0.0826. The summed E-state index contributed by atoms with van der Waals surface area (Å²) in [7, 11) is 0. The molecule has 6 N–H and O–H groups in total. The first-order valence-corrected chi connectivity index (χ1v) is 10.1. The minimum Gasteiger partial charge on any atom is -0.480 e. The van der Waals surface area contributed by atoms with Gasteiger partial charge in [0.2, 0.25) is 17.7 Å². The molecule has 0 saturated carbocycles. The molecule has 1 saturated heterocycles. The molecule has 1 fully saturated rings. The number of carbonyl (C=O) groups excluding carboxylic acids is 3. The monoisotopic (exact) mass is 422 g/mol. The van der Waals surface area contributed by atoms with E-state index in [4.69, 9.17) is 0 Å². The maximum Gasteiger partial charge on any atom is 0.326 e. The lowest BCUT2D eigenvalue weighted by Crippen LogP contribution is -2.54. The van der Waals surface area contributed by atoms with Crippen LogP contribution in [0.1, 0.15) is 38.8 Å². The van der Waals surface area contributed by atoms with Crippen molar-refractivity contribution in [3.8, 4) is 0 Å². The zero-order valence-corrected chi connectivity index (χ0v) is 17.2. The van der Waals surface area contributed by atoms with Gasteiger partial charge in [-0.1, -0.05) is 13.8 Å². The second kappa shape index (κ2) is 11.3. The fraction of sp³-hybridized carbons (Fsp3) is 0.632. The standard InChI is InChI=1S/C19H30N6O5/c1-11(2)6-15(19(29)30)24-16(26)9-22-17(27)14(7-12-8-20-10-23-12)25-18(28)13-4-3-5-21-13/h8,10-11,13-15,21H,3-7,9H2,1-2H3,(H,20,23)(H,22,27)(H,24,26)(H,25,28)(H,29,30). The predicted octanol–water partition coefficient (Wildman–Crippen LogP) is -1.08. The molecule has 3 amide bonds. The number of hydrogen-bond acceptors (Lipinski definition) is 6. The Morgan fingerprint density at radius 1 is 1.23 bits per heavy atom. The van der Waals surface area contributed by atoms with E-state index in [0.29, 0.717) is 12.1 Å². The van der Waals surface area contributed by atoms with Crippen LogP contribution in [0.2, 0.25) is 0 Å². The van der Waals surface area contributed by atoms with Crippen LogP contribution in [0, 0.1) is 5.92 Å². The molecule has 3 atom stereocenters. The maximum atomic E-state index is 12.6. The number of H-pyrrole nitrogens is 1. The lowest BCUT2D eigenvalue weighted by atomic mass is 10.0. The van der Waals surface area contributed by atoms with Gasteiger partial charge >= 0.3 is 5.97 Å². The van der Waals surface area contributed by atoms with Gasteiger partial charge in [0.25, 0.3) is 0 Å². The number of amides is 3. The zero-order chi connectivity index (χ0) is 22.1. The Hall–Kier alpha value is -2.95. The van der Waals surface area contributed by atoms with Crippen LogP contribution in [0.15, 0.2) is 12.5 Å². The summed E-state index contributed by atoms with van der Waals surface area (Å²) in [6.45, 7) is 4.06. The molecule has 3 unspecified atom stereocenters. The highest BCUT2D eigenvalue weighted by Gasteiger charge is 2.28. The lowest BCUT2D eigenvalue weighted by molar-refractivity contribution is -0.142. The summed E-state index contributed by atoms with van der Waals surface area (Å²) in [4.78, 5) is 55.3. The van der Waals surface area contributed by atoms with Gasteiger partial charge in [-0.15, -0.1) is 0 Å². The molecule has 2 rings (SSSR count). The number of carbonyl (C=O) groups is 4. The second-order valence-electron chi connectivity index (χ2n) is 7.80. The van der Waals surface area contributed by atoms with Crippen molar-refractivity contribution < 1.29 is 24.3 Å². The smallest absolute Gasteiger partial charge is 0.326 e. The van der Waals surface area contributed by atoms with Crippen molar-refractivity contribution in [1.29, 1.82) is 0 Å². The Morgan fingerprint density at radius 3 is 2.57 bits per heavy atom. The number of imidazole rings is 1. The summed E-state index contributed by atoms with van der Waals surface area (Å²) in [5, 5.41) is 19.9. The van der Waals surface area contributed by atoms with Gasteiger partial charge in [-0.3, -0.25) is 14.4 Å². The van der Waals surface area contributed by atoms with Crippen LogP contribution in [-0.2, 0) is 25.6 Å². The first kappa shape index (κ1) is 23.3. The molecule has 0 bridgehead atoms. The average Bonchev–Trinajstić information content (AvgIpc) is 3.38. The van der Waals surface area contributed by atoms with Crippen LogP contribution in [0.4, 0.5) is 0 Å². The summed E-state index contributed by atoms with van der Waals surface area (Å²) >= 11 is 0. The van der Waals surface area contributed by atoms with Crippen molar-refractivity contribution in [2.75, 3.05) is 13.1 Å². The summed E-state index contributed by atoms with van der Waals surface area (Å²) in [5.74, 6) is -2.47. The van der Waals surface area contributed by atoms with E-state index in [9.17, 15) is 24.3 Å². The van der Waals surface area contributed by atoms with Crippen LogP contribution in [0.3, 0.4) is 0 Å². The van der Waals surface area contributed by atoms with Crippen LogP contribution in [-0.4, -0.2) is 70.0 Å². The number of nitrogens with zero attached hydrogens (tertiary/aromatic N) is 1. The Kier molecular flexibility index (Phi) is 8.78. The number of carboxylic acid groups (broad SMARTS) is 1. The Morgan fingerprint density at radius 2 is 2.00 bits per heavy atom. The molecule has 30 heavy (non-hydrogen) atoms. The highest BCUT2D eigenvalue weighted by molar-refractivity contribution is 5.92. The molecule has 1 aromatic heterocycles. The van der Waals surface area contributed by atoms with E-state index < -0.39 is 36.4 Å². The summed E-state index contributed by atoms with van der Waals surface area (Å²) in [6, 6.07) is -2.28. The molecular weight excluding hydrogens is 392 g/mol. The van der Waals surface area contributed by atoms with Crippen LogP contribution < -0.4 is 21.3 Å². The topological polar surface area (TPSA) is 165 Å². The maximum absolute atomic E-state index is 12.6. The first-order valence-electron chi connectivity index (χ1n) is 10.1. The first-order chi connectivity index (χ1) is 14.3. The van der Waals surface area contributed by atoms with E-state index >= 15 is 0 Å². The summed E-state index contributed by atoms with van der Waals surface area (Å²) in [5.41, 5.74) is 0.655. The van der Waals surface area contributed by atoms with Crippen molar-refractivity contribution in [3.63, 3.8) is 0 Å². The number of rotatable bonds is 11. The Labute approximate surface area is 174 Å². The molecule has 1 aromatic rings. The van der Waals surface area contributed by atoms with E-state index in [-0.39, 0.29) is 30.7 Å². The molecule has 11 heteroatoms. The van der Waals surface area contributed by atoms with Gasteiger partial charge in [0.15, 0.2) is 0 Å². The van der Waals surface area contributed by atoms with E-state index in [1.54, 1.807) is 6.20 Å². The molecule has 2 heterocycles. The third kappa shape index (κ3) is 7.47. The zero-order valence-electron chi connectivity index (χ0n) is 17.2. The fourth-order valence-corrected chi connectivity index (χ4v) is 3.23. The molecule has 0 aliphatic carbocycles. The van der Waals surface area contributed by atoms with Crippen molar-refractivity contribution in [2.24, 2.45) is 5.92 Å². The quantitative estimate of drug-likeness (QED) is 0.264. The normalized spacial score (nSPS) is 17.9. The number of carboxylic acids is 1. The lowest BCUT2D eigenvalue weighted by Gasteiger charge is -2.21. The molecule has 0 aromatic carbocycles. The highest BCUT2D eigenvalue weighted by Crippen LogP contribution is 2.07. The summed E-state index contributed by atoms with van der Waals surface area (Å²) in [6.07, 6.45) is 5.06. The van der Waals surface area contributed by atoms with E-state index in [1.165, 1.54) is 6.33 Å².